The van der Waals surface area contributed by atoms with Gasteiger partial charge in [0.1, 0.15) is 0 Å². The fraction of sp³-hybridized carbons (Fsp3) is 0.812. The maximum Gasteiger partial charge on any atom is 0.0726 e. The number of aromatic nitrogens is 2. The largest absolute Gasteiger partial charge is 0.329 e. The molecule has 0 spiro atoms. The average molecular weight is 280 g/mol. The summed E-state index contributed by atoms with van der Waals surface area (Å²) in [4.78, 5) is 2.37. The molecule has 0 saturated heterocycles. The summed E-state index contributed by atoms with van der Waals surface area (Å²) in [6, 6.07) is 0.247. The molecule has 1 unspecified atom stereocenters. The highest BCUT2D eigenvalue weighted by Gasteiger charge is 2.27. The van der Waals surface area contributed by atoms with Gasteiger partial charge in [-0.05, 0) is 25.9 Å². The van der Waals surface area contributed by atoms with E-state index in [0.717, 1.165) is 12.2 Å². The molecule has 2 N–H and O–H groups in total. The third-order valence-corrected chi connectivity index (χ3v) is 3.74. The SMILES string of the molecule is CC(C)CCN(C)C(CN)c1cn(C)nc1C(C)(C)C. The van der Waals surface area contributed by atoms with Crippen LogP contribution in [-0.4, -0.2) is 34.8 Å². The van der Waals surface area contributed by atoms with Crippen molar-refractivity contribution in [2.75, 3.05) is 20.1 Å². The molecule has 0 aliphatic rings. The summed E-state index contributed by atoms with van der Waals surface area (Å²) in [5.74, 6) is 0.715. The monoisotopic (exact) mass is 280 g/mol. The second-order valence-corrected chi connectivity index (χ2v) is 7.27. The highest BCUT2D eigenvalue weighted by molar-refractivity contribution is 5.27. The van der Waals surface area contributed by atoms with Crippen molar-refractivity contribution in [3.63, 3.8) is 0 Å². The first-order valence-corrected chi connectivity index (χ1v) is 7.61. The first kappa shape index (κ1) is 17.2. The number of hydrogen-bond donors (Lipinski definition) is 1. The minimum absolute atomic E-state index is 0.0445. The van der Waals surface area contributed by atoms with Gasteiger partial charge in [-0.15, -0.1) is 0 Å². The molecule has 0 aliphatic heterocycles. The van der Waals surface area contributed by atoms with Crippen molar-refractivity contribution in [3.05, 3.63) is 17.5 Å². The Hall–Kier alpha value is -0.870. The van der Waals surface area contributed by atoms with Crippen molar-refractivity contribution in [1.29, 1.82) is 0 Å². The Morgan fingerprint density at radius 2 is 1.95 bits per heavy atom. The minimum Gasteiger partial charge on any atom is -0.329 e. The zero-order chi connectivity index (χ0) is 15.5. The summed E-state index contributed by atoms with van der Waals surface area (Å²) in [6.45, 7) is 12.8. The molecule has 0 amide bonds. The van der Waals surface area contributed by atoms with Gasteiger partial charge < -0.3 is 5.73 Å². The van der Waals surface area contributed by atoms with E-state index in [1.54, 1.807) is 0 Å². The predicted octanol–water partition coefficient (Wildman–Crippen LogP) is 2.70. The summed E-state index contributed by atoms with van der Waals surface area (Å²) in [5.41, 5.74) is 8.53. The van der Waals surface area contributed by atoms with Crippen LogP contribution in [0.25, 0.3) is 0 Å². The second-order valence-electron chi connectivity index (χ2n) is 7.27. The highest BCUT2D eigenvalue weighted by Crippen LogP contribution is 2.30. The summed E-state index contributed by atoms with van der Waals surface area (Å²) in [7, 11) is 4.15. The molecular formula is C16H32N4. The zero-order valence-electron chi connectivity index (χ0n) is 14.3. The van der Waals surface area contributed by atoms with Crippen LogP contribution < -0.4 is 5.73 Å². The Morgan fingerprint density at radius 1 is 1.35 bits per heavy atom. The fourth-order valence-electron chi connectivity index (χ4n) is 2.50. The summed E-state index contributed by atoms with van der Waals surface area (Å²) >= 11 is 0. The molecule has 116 valence electrons. The van der Waals surface area contributed by atoms with E-state index in [2.05, 4.69) is 57.9 Å². The van der Waals surface area contributed by atoms with Crippen LogP contribution in [-0.2, 0) is 12.5 Å². The molecule has 1 aromatic heterocycles. The molecule has 1 rings (SSSR count). The van der Waals surface area contributed by atoms with E-state index < -0.39 is 0 Å². The Balaban J connectivity index is 3.00. The molecule has 20 heavy (non-hydrogen) atoms. The van der Waals surface area contributed by atoms with Crippen molar-refractivity contribution in [1.82, 2.24) is 14.7 Å². The third-order valence-electron chi connectivity index (χ3n) is 3.74. The van der Waals surface area contributed by atoms with Crippen LogP contribution in [0.2, 0.25) is 0 Å². The van der Waals surface area contributed by atoms with Crippen molar-refractivity contribution >= 4 is 0 Å². The number of likely N-dealkylation sites (N-methyl/N-ethyl adjacent to an activating group) is 1. The standard InChI is InChI=1S/C16H32N4/c1-12(2)8-9-19(6)14(10-17)13-11-20(7)18-15(13)16(3,4)5/h11-12,14H,8-10,17H2,1-7H3. The smallest absolute Gasteiger partial charge is 0.0726 e. The summed E-state index contributed by atoms with van der Waals surface area (Å²) < 4.78 is 1.91. The van der Waals surface area contributed by atoms with E-state index in [9.17, 15) is 0 Å². The number of rotatable bonds is 6. The van der Waals surface area contributed by atoms with E-state index in [4.69, 9.17) is 5.73 Å². The minimum atomic E-state index is 0.0445. The molecule has 1 aromatic rings. The molecule has 0 bridgehead atoms. The third kappa shape index (κ3) is 4.32. The lowest BCUT2D eigenvalue weighted by molar-refractivity contribution is 0.234. The molecule has 0 fully saturated rings. The number of hydrogen-bond acceptors (Lipinski definition) is 3. The van der Waals surface area contributed by atoms with E-state index >= 15 is 0 Å². The fourth-order valence-corrected chi connectivity index (χ4v) is 2.50. The molecule has 1 heterocycles. The maximum absolute atomic E-state index is 6.05. The van der Waals surface area contributed by atoms with E-state index in [0.29, 0.717) is 12.5 Å². The topological polar surface area (TPSA) is 47.1 Å². The Morgan fingerprint density at radius 3 is 2.40 bits per heavy atom. The van der Waals surface area contributed by atoms with Gasteiger partial charge in [0.25, 0.3) is 0 Å². The van der Waals surface area contributed by atoms with Gasteiger partial charge in [-0.2, -0.15) is 5.10 Å². The lowest BCUT2D eigenvalue weighted by atomic mass is 9.87. The van der Waals surface area contributed by atoms with Gasteiger partial charge in [-0.1, -0.05) is 34.6 Å². The molecule has 0 saturated carbocycles. The number of nitrogens with zero attached hydrogens (tertiary/aromatic N) is 3. The summed E-state index contributed by atoms with van der Waals surface area (Å²) in [6.07, 6.45) is 3.32. The van der Waals surface area contributed by atoms with Crippen LogP contribution in [0.4, 0.5) is 0 Å². The zero-order valence-corrected chi connectivity index (χ0v) is 14.3. The van der Waals surface area contributed by atoms with Crippen molar-refractivity contribution in [2.45, 2.75) is 52.5 Å². The normalized spacial score (nSPS) is 14.3. The number of nitrogens with two attached hydrogens (primary N) is 1. The van der Waals surface area contributed by atoms with Crippen LogP contribution in [0.15, 0.2) is 6.20 Å². The van der Waals surface area contributed by atoms with E-state index in [-0.39, 0.29) is 11.5 Å². The molecule has 0 aliphatic carbocycles. The molecular weight excluding hydrogens is 248 g/mol. The van der Waals surface area contributed by atoms with Crippen LogP contribution >= 0.6 is 0 Å². The first-order valence-electron chi connectivity index (χ1n) is 7.61. The molecule has 0 radical (unpaired) electrons. The van der Waals surface area contributed by atoms with Gasteiger partial charge in [0, 0.05) is 30.8 Å². The lowest BCUT2D eigenvalue weighted by Gasteiger charge is -2.29. The van der Waals surface area contributed by atoms with Crippen molar-refractivity contribution < 1.29 is 0 Å². The maximum atomic E-state index is 6.05. The highest BCUT2D eigenvalue weighted by atomic mass is 15.3. The Bertz CT molecular complexity index is 415. The van der Waals surface area contributed by atoms with Crippen LogP contribution in [0, 0.1) is 5.92 Å². The van der Waals surface area contributed by atoms with Gasteiger partial charge in [0.2, 0.25) is 0 Å². The molecule has 1 atom stereocenters. The van der Waals surface area contributed by atoms with E-state index in [1.807, 2.05) is 11.7 Å². The molecule has 0 aromatic carbocycles. The first-order chi connectivity index (χ1) is 9.16. The average Bonchev–Trinajstić information content (AvgIpc) is 2.69. The van der Waals surface area contributed by atoms with Gasteiger partial charge in [0.05, 0.1) is 11.7 Å². The van der Waals surface area contributed by atoms with Crippen LogP contribution in [0.1, 0.15) is 58.3 Å². The Kier molecular flexibility index (Phi) is 5.78. The second kappa shape index (κ2) is 6.72. The van der Waals surface area contributed by atoms with Crippen molar-refractivity contribution in [3.8, 4) is 0 Å². The van der Waals surface area contributed by atoms with Gasteiger partial charge in [0.15, 0.2) is 0 Å². The van der Waals surface area contributed by atoms with Gasteiger partial charge in [-0.25, -0.2) is 0 Å². The van der Waals surface area contributed by atoms with Gasteiger partial charge >= 0.3 is 0 Å². The van der Waals surface area contributed by atoms with Gasteiger partial charge in [-0.3, -0.25) is 9.58 Å². The van der Waals surface area contributed by atoms with Crippen molar-refractivity contribution in [2.24, 2.45) is 18.7 Å². The Labute approximate surface area is 124 Å². The van der Waals surface area contributed by atoms with Crippen LogP contribution in [0.3, 0.4) is 0 Å². The number of aryl methyl sites for hydroxylation is 1. The predicted molar refractivity (Wildman–Crippen MR) is 85.8 cm³/mol. The van der Waals surface area contributed by atoms with Crippen LogP contribution in [0.5, 0.6) is 0 Å². The quantitative estimate of drug-likeness (QED) is 0.871. The molecule has 4 heteroatoms. The summed E-state index contributed by atoms with van der Waals surface area (Å²) in [5, 5.41) is 4.66. The lowest BCUT2D eigenvalue weighted by Crippen LogP contribution is -2.33. The van der Waals surface area contributed by atoms with E-state index in [1.165, 1.54) is 12.0 Å². The molecule has 4 nitrogen and oxygen atoms in total.